The zero-order valence-corrected chi connectivity index (χ0v) is 11.7. The summed E-state index contributed by atoms with van der Waals surface area (Å²) in [5.74, 6) is 1.01. The smallest absolute Gasteiger partial charge is 0.230 e. The van der Waals surface area contributed by atoms with Crippen LogP contribution in [0, 0.1) is 0 Å². The minimum absolute atomic E-state index is 0.00476. The highest BCUT2D eigenvalue weighted by molar-refractivity contribution is 7.99. The zero-order chi connectivity index (χ0) is 13.4. The number of carbonyl (C=O) groups excluding carboxylic acids is 1. The van der Waals surface area contributed by atoms with E-state index in [0.29, 0.717) is 18.1 Å². The summed E-state index contributed by atoms with van der Waals surface area (Å²) in [6, 6.07) is 8.08. The molecular formula is C13H20N2O2S. The second-order valence-corrected chi connectivity index (χ2v) is 5.22. The first-order valence-corrected chi connectivity index (χ1v) is 7.00. The Morgan fingerprint density at radius 3 is 2.56 bits per heavy atom. The first-order chi connectivity index (χ1) is 8.63. The first kappa shape index (κ1) is 14.9. The lowest BCUT2D eigenvalue weighted by molar-refractivity contribution is -0.118. The third-order valence-corrected chi connectivity index (χ3v) is 3.35. The van der Waals surface area contributed by atoms with Crippen molar-refractivity contribution >= 4 is 23.4 Å². The van der Waals surface area contributed by atoms with E-state index in [9.17, 15) is 4.79 Å². The summed E-state index contributed by atoms with van der Waals surface area (Å²) in [5, 5.41) is 11.5. The average Bonchev–Trinajstić information content (AvgIpc) is 2.37. The molecule has 1 amide bonds. The van der Waals surface area contributed by atoms with Crippen molar-refractivity contribution in [1.29, 1.82) is 0 Å². The predicted molar refractivity (Wildman–Crippen MR) is 77.0 cm³/mol. The minimum atomic E-state index is 0.00476. The zero-order valence-electron chi connectivity index (χ0n) is 10.8. The van der Waals surface area contributed by atoms with Crippen molar-refractivity contribution in [2.45, 2.75) is 6.54 Å². The van der Waals surface area contributed by atoms with Crippen LogP contribution in [-0.2, 0) is 11.3 Å². The number of aliphatic hydroxyl groups excluding tert-OH is 1. The van der Waals surface area contributed by atoms with Crippen LogP contribution in [0.4, 0.5) is 5.69 Å². The lowest BCUT2D eigenvalue weighted by atomic mass is 10.2. The fraction of sp³-hybridized carbons (Fsp3) is 0.462. The normalized spacial score (nSPS) is 10.2. The van der Waals surface area contributed by atoms with E-state index in [4.69, 9.17) is 5.11 Å². The molecule has 0 saturated carbocycles. The molecule has 0 atom stereocenters. The average molecular weight is 268 g/mol. The number of nitrogens with one attached hydrogen (secondary N) is 1. The van der Waals surface area contributed by atoms with Crippen molar-refractivity contribution in [1.82, 2.24) is 5.32 Å². The summed E-state index contributed by atoms with van der Waals surface area (Å²) in [5.41, 5.74) is 2.23. The molecule has 0 radical (unpaired) electrons. The van der Waals surface area contributed by atoms with Gasteiger partial charge in [-0.05, 0) is 17.7 Å². The summed E-state index contributed by atoms with van der Waals surface area (Å²) in [6.45, 7) is 0.663. The van der Waals surface area contributed by atoms with E-state index >= 15 is 0 Å². The van der Waals surface area contributed by atoms with Gasteiger partial charge in [-0.15, -0.1) is 11.8 Å². The Morgan fingerprint density at radius 2 is 2.00 bits per heavy atom. The van der Waals surface area contributed by atoms with Crippen LogP contribution in [0.5, 0.6) is 0 Å². The molecule has 0 aliphatic rings. The molecule has 0 spiro atoms. The molecule has 100 valence electrons. The van der Waals surface area contributed by atoms with Gasteiger partial charge in [0.2, 0.25) is 5.91 Å². The largest absolute Gasteiger partial charge is 0.396 e. The highest BCUT2D eigenvalue weighted by Gasteiger charge is 2.01. The maximum Gasteiger partial charge on any atom is 0.230 e. The van der Waals surface area contributed by atoms with Gasteiger partial charge in [0.05, 0.1) is 12.4 Å². The van der Waals surface area contributed by atoms with Gasteiger partial charge in [0.15, 0.2) is 0 Å². The molecule has 0 heterocycles. The summed E-state index contributed by atoms with van der Waals surface area (Å²) in [4.78, 5) is 13.5. The van der Waals surface area contributed by atoms with E-state index < -0.39 is 0 Å². The summed E-state index contributed by atoms with van der Waals surface area (Å²) in [7, 11) is 3.99. The first-order valence-electron chi connectivity index (χ1n) is 5.85. The molecular weight excluding hydrogens is 248 g/mol. The number of hydrogen-bond donors (Lipinski definition) is 2. The predicted octanol–water partition coefficient (Wildman–Crippen LogP) is 1.09. The van der Waals surface area contributed by atoms with Gasteiger partial charge >= 0.3 is 0 Å². The molecule has 0 aliphatic heterocycles. The van der Waals surface area contributed by atoms with E-state index in [-0.39, 0.29) is 12.5 Å². The van der Waals surface area contributed by atoms with Crippen LogP contribution in [0.3, 0.4) is 0 Å². The molecule has 0 aliphatic carbocycles. The standard InChI is InChI=1S/C13H20N2O2S/c1-15(2)12-5-3-11(4-6-12)9-14-13(17)10-18-8-7-16/h3-6,16H,7-10H2,1-2H3,(H,14,17). The van der Waals surface area contributed by atoms with Crippen LogP contribution in [0.1, 0.15) is 5.56 Å². The van der Waals surface area contributed by atoms with Gasteiger partial charge in [-0.25, -0.2) is 0 Å². The Balaban J connectivity index is 2.32. The molecule has 4 nitrogen and oxygen atoms in total. The van der Waals surface area contributed by atoms with E-state index in [1.54, 1.807) is 0 Å². The summed E-state index contributed by atoms with van der Waals surface area (Å²) < 4.78 is 0. The Morgan fingerprint density at radius 1 is 1.33 bits per heavy atom. The Labute approximate surface area is 112 Å². The van der Waals surface area contributed by atoms with Crippen LogP contribution in [0.25, 0.3) is 0 Å². The van der Waals surface area contributed by atoms with Gasteiger partial charge in [-0.1, -0.05) is 12.1 Å². The van der Waals surface area contributed by atoms with Gasteiger partial charge < -0.3 is 15.3 Å². The van der Waals surface area contributed by atoms with Crippen molar-refractivity contribution in [2.24, 2.45) is 0 Å². The van der Waals surface area contributed by atoms with Gasteiger partial charge in [-0.3, -0.25) is 4.79 Å². The molecule has 0 aromatic heterocycles. The van der Waals surface area contributed by atoms with Gasteiger partial charge in [0, 0.05) is 32.1 Å². The van der Waals surface area contributed by atoms with Gasteiger partial charge in [0.1, 0.15) is 0 Å². The summed E-state index contributed by atoms with van der Waals surface area (Å²) in [6.07, 6.45) is 0. The molecule has 0 saturated heterocycles. The number of aliphatic hydroxyl groups is 1. The number of benzene rings is 1. The van der Waals surface area contributed by atoms with Crippen molar-refractivity contribution in [3.63, 3.8) is 0 Å². The fourth-order valence-corrected chi connectivity index (χ4v) is 1.95. The monoisotopic (exact) mass is 268 g/mol. The molecule has 0 fully saturated rings. The fourth-order valence-electron chi connectivity index (χ4n) is 1.39. The maximum atomic E-state index is 11.4. The lowest BCUT2D eigenvalue weighted by Gasteiger charge is -2.12. The molecule has 18 heavy (non-hydrogen) atoms. The maximum absolute atomic E-state index is 11.4. The van der Waals surface area contributed by atoms with Gasteiger partial charge in [0.25, 0.3) is 0 Å². The Kier molecular flexibility index (Phi) is 6.60. The van der Waals surface area contributed by atoms with E-state index in [1.807, 2.05) is 43.3 Å². The second-order valence-electron chi connectivity index (χ2n) is 4.11. The van der Waals surface area contributed by atoms with E-state index in [2.05, 4.69) is 5.32 Å². The number of rotatable bonds is 7. The van der Waals surface area contributed by atoms with E-state index in [0.717, 1.165) is 11.3 Å². The Bertz CT molecular complexity index is 366. The van der Waals surface area contributed by atoms with Crippen molar-refractivity contribution < 1.29 is 9.90 Å². The molecule has 5 heteroatoms. The quantitative estimate of drug-likeness (QED) is 0.727. The van der Waals surface area contributed by atoms with Crippen LogP contribution >= 0.6 is 11.8 Å². The number of hydrogen-bond acceptors (Lipinski definition) is 4. The van der Waals surface area contributed by atoms with Crippen LogP contribution in [0.15, 0.2) is 24.3 Å². The highest BCUT2D eigenvalue weighted by Crippen LogP contribution is 2.11. The molecule has 1 aromatic rings. The summed E-state index contributed by atoms with van der Waals surface area (Å²) >= 11 is 1.43. The van der Waals surface area contributed by atoms with Crippen LogP contribution in [0.2, 0.25) is 0 Å². The SMILES string of the molecule is CN(C)c1ccc(CNC(=O)CSCCO)cc1. The van der Waals surface area contributed by atoms with Crippen LogP contribution in [-0.4, -0.2) is 43.2 Å². The molecule has 0 bridgehead atoms. The van der Waals surface area contributed by atoms with E-state index in [1.165, 1.54) is 11.8 Å². The highest BCUT2D eigenvalue weighted by atomic mass is 32.2. The van der Waals surface area contributed by atoms with Gasteiger partial charge in [-0.2, -0.15) is 0 Å². The lowest BCUT2D eigenvalue weighted by Crippen LogP contribution is -2.24. The van der Waals surface area contributed by atoms with Crippen molar-refractivity contribution in [2.75, 3.05) is 37.1 Å². The second kappa shape index (κ2) is 8.00. The van der Waals surface area contributed by atoms with Crippen molar-refractivity contribution in [3.05, 3.63) is 29.8 Å². The topological polar surface area (TPSA) is 52.6 Å². The number of carbonyl (C=O) groups is 1. The number of anilines is 1. The van der Waals surface area contributed by atoms with Crippen molar-refractivity contribution in [3.8, 4) is 0 Å². The third-order valence-electron chi connectivity index (χ3n) is 2.41. The minimum Gasteiger partial charge on any atom is -0.396 e. The molecule has 1 rings (SSSR count). The molecule has 2 N–H and O–H groups in total. The Hall–Kier alpha value is -1.20. The molecule has 1 aromatic carbocycles. The third kappa shape index (κ3) is 5.42. The van der Waals surface area contributed by atoms with Crippen LogP contribution < -0.4 is 10.2 Å². The number of amides is 1. The number of nitrogens with zero attached hydrogens (tertiary/aromatic N) is 1. The number of thioether (sulfide) groups is 1. The molecule has 0 unspecified atom stereocenters.